The maximum absolute atomic E-state index is 13.3. The summed E-state index contributed by atoms with van der Waals surface area (Å²) >= 11 is 0. The fourth-order valence-electron chi connectivity index (χ4n) is 4.13. The molecule has 1 aliphatic heterocycles. The molecule has 8 heteroatoms. The van der Waals surface area contributed by atoms with Crippen LogP contribution in [0.25, 0.3) is 5.76 Å². The number of amides is 1. The van der Waals surface area contributed by atoms with Gasteiger partial charge in [-0.05, 0) is 61.0 Å². The Morgan fingerprint density at radius 1 is 0.917 bits per heavy atom. The zero-order valence-electron chi connectivity index (χ0n) is 20.1. The molecule has 3 aromatic carbocycles. The number of esters is 1. The number of aliphatic hydroxyl groups excluding tert-OH is 1. The molecule has 0 saturated carbocycles. The maximum Gasteiger partial charge on any atom is 0.337 e. The summed E-state index contributed by atoms with van der Waals surface area (Å²) in [4.78, 5) is 39.8. The number of rotatable bonds is 7. The number of aliphatic hydroxyl groups is 1. The van der Waals surface area contributed by atoms with Gasteiger partial charge in [-0.3, -0.25) is 14.5 Å². The van der Waals surface area contributed by atoms with Crippen molar-refractivity contribution < 1.29 is 33.7 Å². The summed E-state index contributed by atoms with van der Waals surface area (Å²) in [5.41, 5.74) is 1.56. The predicted octanol–water partition coefficient (Wildman–Crippen LogP) is 4.51. The van der Waals surface area contributed by atoms with Crippen molar-refractivity contribution in [2.75, 3.05) is 25.7 Å². The van der Waals surface area contributed by atoms with Crippen molar-refractivity contribution in [2.45, 2.75) is 13.0 Å². The summed E-state index contributed by atoms with van der Waals surface area (Å²) in [6, 6.07) is 18.8. The average molecular weight is 488 g/mol. The van der Waals surface area contributed by atoms with Crippen LogP contribution in [0.4, 0.5) is 5.69 Å². The van der Waals surface area contributed by atoms with E-state index in [0.717, 1.165) is 0 Å². The summed E-state index contributed by atoms with van der Waals surface area (Å²) in [6.45, 7) is 2.27. The highest BCUT2D eigenvalue weighted by atomic mass is 16.5. The minimum Gasteiger partial charge on any atom is -0.507 e. The Morgan fingerprint density at radius 3 is 2.22 bits per heavy atom. The smallest absolute Gasteiger partial charge is 0.337 e. The van der Waals surface area contributed by atoms with Crippen LogP contribution in [0.1, 0.15) is 34.5 Å². The third-order valence-electron chi connectivity index (χ3n) is 5.86. The number of benzene rings is 3. The third kappa shape index (κ3) is 4.53. The zero-order chi connectivity index (χ0) is 25.8. The number of hydrogen-bond donors (Lipinski definition) is 1. The Hall–Kier alpha value is -4.59. The number of ketones is 1. The van der Waals surface area contributed by atoms with Gasteiger partial charge in [-0.2, -0.15) is 0 Å². The second kappa shape index (κ2) is 10.4. The Labute approximate surface area is 208 Å². The molecule has 184 valence electrons. The molecular weight excluding hydrogens is 462 g/mol. The normalized spacial score (nSPS) is 16.6. The Morgan fingerprint density at radius 2 is 1.61 bits per heavy atom. The standard InChI is InChI=1S/C28H25NO7/c1-4-36-22-7-5-6-19(16-22)25(30)23-24(17-10-14-21(34-2)15-11-17)29(27(32)26(23)31)20-12-8-18(9-13-20)28(33)35-3/h5-16,24,30H,4H2,1-3H3/b25-23+. The lowest BCUT2D eigenvalue weighted by atomic mass is 9.95. The fraction of sp³-hybridized carbons (Fsp3) is 0.179. The van der Waals surface area contributed by atoms with Crippen molar-refractivity contribution in [1.82, 2.24) is 0 Å². The van der Waals surface area contributed by atoms with E-state index in [1.54, 1.807) is 60.7 Å². The van der Waals surface area contributed by atoms with E-state index in [9.17, 15) is 19.5 Å². The monoisotopic (exact) mass is 487 g/mol. The molecule has 0 spiro atoms. The summed E-state index contributed by atoms with van der Waals surface area (Å²) in [5.74, 6) is -1.34. The number of methoxy groups -OCH3 is 2. The minimum absolute atomic E-state index is 0.0594. The highest BCUT2D eigenvalue weighted by molar-refractivity contribution is 6.51. The number of carbonyl (C=O) groups excluding carboxylic acids is 3. The number of hydrogen-bond acceptors (Lipinski definition) is 7. The first-order valence-electron chi connectivity index (χ1n) is 11.3. The van der Waals surface area contributed by atoms with Crippen molar-refractivity contribution in [3.63, 3.8) is 0 Å². The molecule has 8 nitrogen and oxygen atoms in total. The summed E-state index contributed by atoms with van der Waals surface area (Å²) in [5, 5.41) is 11.3. The SMILES string of the molecule is CCOc1cccc(/C(O)=C2\C(=O)C(=O)N(c3ccc(C(=O)OC)cc3)C2c2ccc(OC)cc2)c1. The van der Waals surface area contributed by atoms with E-state index in [1.807, 2.05) is 6.92 Å². The zero-order valence-corrected chi connectivity index (χ0v) is 20.1. The topological polar surface area (TPSA) is 102 Å². The summed E-state index contributed by atoms with van der Waals surface area (Å²) in [7, 11) is 2.81. The molecule has 1 fully saturated rings. The van der Waals surface area contributed by atoms with E-state index >= 15 is 0 Å². The largest absolute Gasteiger partial charge is 0.507 e. The molecule has 1 unspecified atom stereocenters. The molecule has 0 bridgehead atoms. The lowest BCUT2D eigenvalue weighted by Gasteiger charge is -2.25. The van der Waals surface area contributed by atoms with Gasteiger partial charge in [0.1, 0.15) is 17.3 Å². The molecule has 1 aliphatic rings. The first-order valence-corrected chi connectivity index (χ1v) is 11.3. The minimum atomic E-state index is -0.921. The number of nitrogens with zero attached hydrogens (tertiary/aromatic N) is 1. The molecule has 4 rings (SSSR count). The van der Waals surface area contributed by atoms with Crippen LogP contribution in [-0.4, -0.2) is 43.6 Å². The predicted molar refractivity (Wildman–Crippen MR) is 133 cm³/mol. The first kappa shape index (κ1) is 24.5. The molecule has 0 radical (unpaired) electrons. The van der Waals surface area contributed by atoms with Crippen LogP contribution in [0.2, 0.25) is 0 Å². The van der Waals surface area contributed by atoms with Crippen LogP contribution >= 0.6 is 0 Å². The van der Waals surface area contributed by atoms with Crippen molar-refractivity contribution in [3.8, 4) is 11.5 Å². The van der Waals surface area contributed by atoms with Gasteiger partial charge in [0.25, 0.3) is 11.7 Å². The summed E-state index contributed by atoms with van der Waals surface area (Å²) < 4.78 is 15.5. The van der Waals surface area contributed by atoms with Crippen LogP contribution in [-0.2, 0) is 14.3 Å². The van der Waals surface area contributed by atoms with E-state index in [2.05, 4.69) is 0 Å². The van der Waals surface area contributed by atoms with E-state index in [1.165, 1.54) is 31.3 Å². The Bertz CT molecular complexity index is 1330. The second-order valence-corrected chi connectivity index (χ2v) is 7.94. The highest BCUT2D eigenvalue weighted by Gasteiger charge is 2.47. The molecule has 1 amide bonds. The lowest BCUT2D eigenvalue weighted by molar-refractivity contribution is -0.132. The van der Waals surface area contributed by atoms with Crippen molar-refractivity contribution in [2.24, 2.45) is 0 Å². The van der Waals surface area contributed by atoms with Crippen LogP contribution in [0, 0.1) is 0 Å². The first-order chi connectivity index (χ1) is 17.4. The number of Topliss-reactive ketones (excluding diaryl/α,β-unsaturated/α-hetero) is 1. The van der Waals surface area contributed by atoms with Gasteiger partial charge in [0, 0.05) is 11.3 Å². The molecule has 1 heterocycles. The molecule has 0 aliphatic carbocycles. The third-order valence-corrected chi connectivity index (χ3v) is 5.86. The fourth-order valence-corrected chi connectivity index (χ4v) is 4.13. The van der Waals surface area contributed by atoms with Crippen molar-refractivity contribution >= 4 is 29.1 Å². The molecule has 0 aromatic heterocycles. The molecule has 1 atom stereocenters. The van der Waals surface area contributed by atoms with Gasteiger partial charge in [0.05, 0.1) is 38.0 Å². The van der Waals surface area contributed by atoms with Crippen LogP contribution in [0.3, 0.4) is 0 Å². The maximum atomic E-state index is 13.3. The quantitative estimate of drug-likeness (QED) is 0.226. The average Bonchev–Trinajstić information content (AvgIpc) is 3.18. The van der Waals surface area contributed by atoms with Gasteiger partial charge in [-0.25, -0.2) is 4.79 Å². The van der Waals surface area contributed by atoms with Crippen LogP contribution in [0.15, 0.2) is 78.4 Å². The summed E-state index contributed by atoms with van der Waals surface area (Å²) in [6.07, 6.45) is 0. The molecule has 36 heavy (non-hydrogen) atoms. The second-order valence-electron chi connectivity index (χ2n) is 7.94. The van der Waals surface area contributed by atoms with Crippen LogP contribution < -0.4 is 14.4 Å². The number of carbonyl (C=O) groups is 3. The van der Waals surface area contributed by atoms with Crippen LogP contribution in [0.5, 0.6) is 11.5 Å². The Kier molecular flexibility index (Phi) is 7.05. The van der Waals surface area contributed by atoms with E-state index in [4.69, 9.17) is 14.2 Å². The van der Waals surface area contributed by atoms with Crippen molar-refractivity contribution in [1.29, 1.82) is 0 Å². The van der Waals surface area contributed by atoms with Gasteiger partial charge in [0.15, 0.2) is 0 Å². The van der Waals surface area contributed by atoms with Gasteiger partial charge in [0.2, 0.25) is 0 Å². The Balaban J connectivity index is 1.88. The van der Waals surface area contributed by atoms with E-state index in [0.29, 0.717) is 40.5 Å². The van der Waals surface area contributed by atoms with Gasteiger partial charge in [-0.1, -0.05) is 24.3 Å². The van der Waals surface area contributed by atoms with Crippen molar-refractivity contribution in [3.05, 3.63) is 95.1 Å². The number of anilines is 1. The molecular formula is C28H25NO7. The van der Waals surface area contributed by atoms with Gasteiger partial charge >= 0.3 is 5.97 Å². The molecule has 3 aromatic rings. The van der Waals surface area contributed by atoms with Gasteiger partial charge < -0.3 is 19.3 Å². The molecule has 1 N–H and O–H groups in total. The number of ether oxygens (including phenoxy) is 3. The highest BCUT2D eigenvalue weighted by Crippen LogP contribution is 2.42. The van der Waals surface area contributed by atoms with E-state index < -0.39 is 23.7 Å². The lowest BCUT2D eigenvalue weighted by Crippen LogP contribution is -2.29. The van der Waals surface area contributed by atoms with E-state index in [-0.39, 0.29) is 11.3 Å². The van der Waals surface area contributed by atoms with Gasteiger partial charge in [-0.15, -0.1) is 0 Å². The molecule has 1 saturated heterocycles.